The van der Waals surface area contributed by atoms with E-state index >= 15 is 0 Å². The molecule has 1 heterocycles. The third-order valence-corrected chi connectivity index (χ3v) is 4.55. The summed E-state index contributed by atoms with van der Waals surface area (Å²) in [6.07, 6.45) is 0.772. The first-order chi connectivity index (χ1) is 7.38. The minimum atomic E-state index is -3.32. The van der Waals surface area contributed by atoms with Crippen LogP contribution < -0.4 is 0 Å². The molecule has 0 radical (unpaired) electrons. The van der Waals surface area contributed by atoms with Crippen molar-refractivity contribution >= 4 is 16.0 Å². The Kier molecular flexibility index (Phi) is 4.28. The highest BCUT2D eigenvalue weighted by Crippen LogP contribution is 2.14. The van der Waals surface area contributed by atoms with Gasteiger partial charge in [0.05, 0.1) is 0 Å². The molecule has 0 bridgehead atoms. The molecule has 0 amide bonds. The number of aliphatic carboxylic acids is 1. The largest absolute Gasteiger partial charge is 0.480 e. The number of carboxylic acid groups (broad SMARTS) is 1. The van der Waals surface area contributed by atoms with Gasteiger partial charge in [-0.05, 0) is 13.3 Å². The fourth-order valence-corrected chi connectivity index (χ4v) is 3.45. The van der Waals surface area contributed by atoms with Gasteiger partial charge in [0.15, 0.2) is 0 Å². The van der Waals surface area contributed by atoms with Gasteiger partial charge in [0.2, 0.25) is 10.0 Å². The van der Waals surface area contributed by atoms with Crippen LogP contribution in [-0.4, -0.2) is 60.3 Å². The maximum atomic E-state index is 11.8. The molecule has 94 valence electrons. The molecule has 0 spiro atoms. The molecule has 1 aliphatic heterocycles. The van der Waals surface area contributed by atoms with Crippen molar-refractivity contribution in [2.24, 2.45) is 0 Å². The second-order valence-corrected chi connectivity index (χ2v) is 5.91. The molecule has 1 saturated heterocycles. The highest BCUT2D eigenvalue weighted by molar-refractivity contribution is 7.89. The van der Waals surface area contributed by atoms with E-state index in [1.54, 1.807) is 0 Å². The molecule has 0 aromatic rings. The molecule has 0 aliphatic carbocycles. The topological polar surface area (TPSA) is 77.9 Å². The molecule has 1 atom stereocenters. The minimum Gasteiger partial charge on any atom is -0.480 e. The molecule has 1 fully saturated rings. The standard InChI is InChI=1S/C9H18N2O4S/c1-3-4-11-6-5-10(7-16(11,14)15)8(2)9(12)13/h8H,3-7H2,1-2H3,(H,12,13)/t8-/m1/s1. The SMILES string of the molecule is CCCN1CCN([C@H](C)C(=O)O)CS1(=O)=O. The van der Waals surface area contributed by atoms with Crippen LogP contribution in [0.15, 0.2) is 0 Å². The molecule has 1 aliphatic rings. The second-order valence-electron chi connectivity index (χ2n) is 3.97. The fourth-order valence-electron chi connectivity index (χ4n) is 1.70. The van der Waals surface area contributed by atoms with Crippen LogP contribution in [0, 0.1) is 0 Å². The third kappa shape index (κ3) is 2.93. The smallest absolute Gasteiger partial charge is 0.320 e. The summed E-state index contributed by atoms with van der Waals surface area (Å²) in [4.78, 5) is 12.2. The maximum absolute atomic E-state index is 11.8. The van der Waals surface area contributed by atoms with Crippen LogP contribution in [0.1, 0.15) is 20.3 Å². The van der Waals surface area contributed by atoms with E-state index < -0.39 is 22.0 Å². The summed E-state index contributed by atoms with van der Waals surface area (Å²) >= 11 is 0. The summed E-state index contributed by atoms with van der Waals surface area (Å²) in [6.45, 7) is 4.80. The normalized spacial score (nSPS) is 24.1. The molecular formula is C9H18N2O4S. The summed E-state index contributed by atoms with van der Waals surface area (Å²) in [5.41, 5.74) is 0. The van der Waals surface area contributed by atoms with Gasteiger partial charge in [0, 0.05) is 19.6 Å². The van der Waals surface area contributed by atoms with Gasteiger partial charge < -0.3 is 5.11 Å². The quantitative estimate of drug-likeness (QED) is 0.746. The monoisotopic (exact) mass is 250 g/mol. The van der Waals surface area contributed by atoms with Crippen molar-refractivity contribution < 1.29 is 18.3 Å². The summed E-state index contributed by atoms with van der Waals surface area (Å²) < 4.78 is 25.0. The van der Waals surface area contributed by atoms with Crippen LogP contribution in [0.25, 0.3) is 0 Å². The highest BCUT2D eigenvalue weighted by atomic mass is 32.2. The van der Waals surface area contributed by atoms with E-state index in [0.29, 0.717) is 19.6 Å². The number of carboxylic acids is 1. The van der Waals surface area contributed by atoms with Crippen molar-refractivity contribution in [3.63, 3.8) is 0 Å². The number of hydrogen-bond acceptors (Lipinski definition) is 4. The first-order valence-electron chi connectivity index (χ1n) is 5.33. The third-order valence-electron chi connectivity index (χ3n) is 2.74. The van der Waals surface area contributed by atoms with Crippen molar-refractivity contribution in [2.45, 2.75) is 26.3 Å². The number of hydrogen-bond donors (Lipinski definition) is 1. The number of nitrogens with zero attached hydrogens (tertiary/aromatic N) is 2. The molecule has 1 N–H and O–H groups in total. The average molecular weight is 250 g/mol. The van der Waals surface area contributed by atoms with Gasteiger partial charge in [0.25, 0.3) is 0 Å². The summed E-state index contributed by atoms with van der Waals surface area (Å²) in [5, 5.41) is 8.82. The van der Waals surface area contributed by atoms with Gasteiger partial charge >= 0.3 is 5.97 Å². The Hall–Kier alpha value is -0.660. The van der Waals surface area contributed by atoms with Gasteiger partial charge in [-0.15, -0.1) is 0 Å². The van der Waals surface area contributed by atoms with E-state index in [-0.39, 0.29) is 5.88 Å². The number of sulfonamides is 1. The minimum absolute atomic E-state index is 0.194. The van der Waals surface area contributed by atoms with Crippen LogP contribution in [-0.2, 0) is 14.8 Å². The molecule has 0 aromatic carbocycles. The van der Waals surface area contributed by atoms with Gasteiger partial charge in [-0.3, -0.25) is 9.69 Å². The molecule has 1 rings (SSSR count). The molecule has 0 aromatic heterocycles. The van der Waals surface area contributed by atoms with Crippen molar-refractivity contribution in [1.29, 1.82) is 0 Å². The van der Waals surface area contributed by atoms with Crippen LogP contribution in [0.3, 0.4) is 0 Å². The van der Waals surface area contributed by atoms with E-state index in [9.17, 15) is 13.2 Å². The molecule has 7 heteroatoms. The first-order valence-corrected chi connectivity index (χ1v) is 6.94. The van der Waals surface area contributed by atoms with E-state index in [2.05, 4.69) is 0 Å². The molecule has 16 heavy (non-hydrogen) atoms. The summed E-state index contributed by atoms with van der Waals surface area (Å²) in [7, 11) is -3.32. The number of carbonyl (C=O) groups is 1. The van der Waals surface area contributed by atoms with Crippen LogP contribution in [0.5, 0.6) is 0 Å². The Labute approximate surface area is 95.9 Å². The predicted octanol–water partition coefficient (Wildman–Crippen LogP) is -0.226. The van der Waals surface area contributed by atoms with Gasteiger partial charge in [-0.25, -0.2) is 8.42 Å². The van der Waals surface area contributed by atoms with Crippen molar-refractivity contribution in [1.82, 2.24) is 9.21 Å². The van der Waals surface area contributed by atoms with E-state index in [4.69, 9.17) is 5.11 Å². The van der Waals surface area contributed by atoms with Gasteiger partial charge in [-0.2, -0.15) is 4.31 Å². The van der Waals surface area contributed by atoms with Crippen LogP contribution in [0.2, 0.25) is 0 Å². The molecule has 0 unspecified atom stereocenters. The average Bonchev–Trinajstić information content (AvgIpc) is 2.19. The van der Waals surface area contributed by atoms with E-state index in [0.717, 1.165) is 6.42 Å². The maximum Gasteiger partial charge on any atom is 0.320 e. The fraction of sp³-hybridized carbons (Fsp3) is 0.889. The molecular weight excluding hydrogens is 232 g/mol. The Bertz CT molecular complexity index is 355. The Balaban J connectivity index is 2.71. The lowest BCUT2D eigenvalue weighted by Crippen LogP contribution is -2.54. The Morgan fingerprint density at radius 2 is 2.06 bits per heavy atom. The van der Waals surface area contributed by atoms with Crippen molar-refractivity contribution in [3.05, 3.63) is 0 Å². The van der Waals surface area contributed by atoms with Crippen molar-refractivity contribution in [2.75, 3.05) is 25.5 Å². The Morgan fingerprint density at radius 3 is 2.50 bits per heavy atom. The van der Waals surface area contributed by atoms with E-state index in [1.807, 2.05) is 6.92 Å². The predicted molar refractivity (Wildman–Crippen MR) is 59.5 cm³/mol. The molecule has 6 nitrogen and oxygen atoms in total. The summed E-state index contributed by atoms with van der Waals surface area (Å²) in [5.74, 6) is -1.18. The van der Waals surface area contributed by atoms with Crippen LogP contribution >= 0.6 is 0 Å². The van der Waals surface area contributed by atoms with E-state index in [1.165, 1.54) is 16.1 Å². The Morgan fingerprint density at radius 1 is 1.44 bits per heavy atom. The first kappa shape index (κ1) is 13.4. The molecule has 0 saturated carbocycles. The zero-order valence-corrected chi connectivity index (χ0v) is 10.4. The lowest BCUT2D eigenvalue weighted by atomic mass is 10.3. The lowest BCUT2D eigenvalue weighted by Gasteiger charge is -2.35. The zero-order valence-electron chi connectivity index (χ0n) is 9.59. The second kappa shape index (κ2) is 5.11. The summed E-state index contributed by atoms with van der Waals surface area (Å²) in [6, 6.07) is -0.751. The van der Waals surface area contributed by atoms with Gasteiger partial charge in [0.1, 0.15) is 11.9 Å². The van der Waals surface area contributed by atoms with Crippen LogP contribution in [0.4, 0.5) is 0 Å². The lowest BCUT2D eigenvalue weighted by molar-refractivity contribution is -0.142. The zero-order chi connectivity index (χ0) is 12.3. The van der Waals surface area contributed by atoms with Gasteiger partial charge in [-0.1, -0.05) is 6.92 Å². The highest BCUT2D eigenvalue weighted by Gasteiger charge is 2.34. The number of rotatable bonds is 4. The van der Waals surface area contributed by atoms with Crippen molar-refractivity contribution in [3.8, 4) is 0 Å².